The average Bonchev–Trinajstić information content (AvgIpc) is 2.65. The van der Waals surface area contributed by atoms with Crippen molar-refractivity contribution in [3.8, 4) is 23.3 Å². The van der Waals surface area contributed by atoms with Crippen molar-refractivity contribution in [1.82, 2.24) is 0 Å². The molecule has 2 rings (SSSR count). The molecular weight excluding hydrogens is 332 g/mol. The van der Waals surface area contributed by atoms with Gasteiger partial charge in [-0.1, -0.05) is 6.07 Å². The zero-order valence-corrected chi connectivity index (χ0v) is 15.1. The highest BCUT2D eigenvalue weighted by Crippen LogP contribution is 2.34. The van der Waals surface area contributed by atoms with E-state index in [1.807, 2.05) is 18.2 Å². The van der Waals surface area contributed by atoms with E-state index in [1.165, 1.54) is 20.1 Å². The Labute approximate surface area is 152 Å². The number of hydrogen-bond acceptors (Lipinski definition) is 5. The number of amides is 1. The Morgan fingerprint density at radius 2 is 1.65 bits per heavy atom. The zero-order valence-electron chi connectivity index (χ0n) is 15.1. The van der Waals surface area contributed by atoms with Crippen molar-refractivity contribution in [2.24, 2.45) is 0 Å². The molecular formula is C20H20N2O4. The van der Waals surface area contributed by atoms with Gasteiger partial charge in [0.2, 0.25) is 5.91 Å². The van der Waals surface area contributed by atoms with Crippen LogP contribution in [-0.4, -0.2) is 27.2 Å². The number of carbonyl (C=O) groups excluding carboxylic acids is 1. The number of carbonyl (C=O) groups is 1. The van der Waals surface area contributed by atoms with E-state index in [9.17, 15) is 10.1 Å². The van der Waals surface area contributed by atoms with Crippen LogP contribution in [0, 0.1) is 11.3 Å². The van der Waals surface area contributed by atoms with Gasteiger partial charge in [0.25, 0.3) is 0 Å². The molecule has 0 atom stereocenters. The average molecular weight is 352 g/mol. The van der Waals surface area contributed by atoms with Crippen molar-refractivity contribution in [3.63, 3.8) is 0 Å². The summed E-state index contributed by atoms with van der Waals surface area (Å²) < 4.78 is 15.9. The van der Waals surface area contributed by atoms with Crippen LogP contribution >= 0.6 is 0 Å². The molecule has 0 unspecified atom stereocenters. The summed E-state index contributed by atoms with van der Waals surface area (Å²) in [5.41, 5.74) is 2.68. The largest absolute Gasteiger partial charge is 0.497 e. The minimum atomic E-state index is -0.214. The molecule has 1 amide bonds. The van der Waals surface area contributed by atoms with E-state index in [-0.39, 0.29) is 5.91 Å². The van der Waals surface area contributed by atoms with Gasteiger partial charge in [-0.05, 0) is 41.0 Å². The molecule has 0 spiro atoms. The van der Waals surface area contributed by atoms with Crippen molar-refractivity contribution < 1.29 is 19.0 Å². The summed E-state index contributed by atoms with van der Waals surface area (Å²) in [6.45, 7) is 1.42. The van der Waals surface area contributed by atoms with Gasteiger partial charge >= 0.3 is 0 Å². The molecule has 2 aromatic carbocycles. The van der Waals surface area contributed by atoms with E-state index in [0.717, 1.165) is 11.1 Å². The number of allylic oxidation sites excluding steroid dienone is 1. The van der Waals surface area contributed by atoms with Crippen LogP contribution < -0.4 is 19.5 Å². The molecule has 26 heavy (non-hydrogen) atoms. The van der Waals surface area contributed by atoms with E-state index < -0.39 is 0 Å². The Bertz CT molecular complexity index is 860. The molecule has 0 aliphatic rings. The van der Waals surface area contributed by atoms with Crippen molar-refractivity contribution >= 4 is 17.2 Å². The lowest BCUT2D eigenvalue weighted by atomic mass is 9.96. The van der Waals surface area contributed by atoms with Gasteiger partial charge in [-0.25, -0.2) is 0 Å². The Kier molecular flexibility index (Phi) is 6.23. The number of nitrogens with one attached hydrogen (secondary N) is 1. The standard InChI is InChI=1S/C20H20N2O4/c1-13(23)22-19-11-14(5-6-20(19)26-4)18(7-8-21)15-9-16(24-2)12-17(10-15)25-3/h5-7,9-12H,1-4H3,(H,22,23)/b18-7+. The first-order valence-electron chi connectivity index (χ1n) is 7.81. The molecule has 6 heteroatoms. The molecule has 0 aromatic heterocycles. The first-order chi connectivity index (χ1) is 12.5. The number of methoxy groups -OCH3 is 3. The van der Waals surface area contributed by atoms with Crippen molar-refractivity contribution in [2.45, 2.75) is 6.92 Å². The van der Waals surface area contributed by atoms with E-state index >= 15 is 0 Å². The molecule has 134 valence electrons. The molecule has 0 heterocycles. The Morgan fingerprint density at radius 1 is 1.00 bits per heavy atom. The number of hydrogen-bond donors (Lipinski definition) is 1. The van der Waals surface area contributed by atoms with Crippen LogP contribution in [0.3, 0.4) is 0 Å². The number of benzene rings is 2. The van der Waals surface area contributed by atoms with Crippen LogP contribution in [0.25, 0.3) is 5.57 Å². The van der Waals surface area contributed by atoms with Gasteiger partial charge in [-0.3, -0.25) is 4.79 Å². The van der Waals surface area contributed by atoms with Crippen LogP contribution in [0.5, 0.6) is 17.2 Å². The fraction of sp³-hybridized carbons (Fsp3) is 0.200. The zero-order chi connectivity index (χ0) is 19.1. The van der Waals surface area contributed by atoms with Gasteiger partial charge < -0.3 is 19.5 Å². The van der Waals surface area contributed by atoms with Gasteiger partial charge in [0, 0.05) is 19.1 Å². The van der Waals surface area contributed by atoms with E-state index in [0.29, 0.717) is 28.5 Å². The van der Waals surface area contributed by atoms with Gasteiger partial charge in [-0.2, -0.15) is 5.26 Å². The highest BCUT2D eigenvalue weighted by molar-refractivity contribution is 5.92. The van der Waals surface area contributed by atoms with Crippen molar-refractivity contribution in [2.75, 3.05) is 26.6 Å². The van der Waals surface area contributed by atoms with Gasteiger partial charge in [0.1, 0.15) is 17.2 Å². The molecule has 0 radical (unpaired) electrons. The third-order valence-corrected chi connectivity index (χ3v) is 3.69. The lowest BCUT2D eigenvalue weighted by Gasteiger charge is -2.14. The normalized spacial score (nSPS) is 10.7. The predicted molar refractivity (Wildman–Crippen MR) is 99.5 cm³/mol. The van der Waals surface area contributed by atoms with Crippen LogP contribution in [0.2, 0.25) is 0 Å². The van der Waals surface area contributed by atoms with E-state index in [1.54, 1.807) is 32.4 Å². The topological polar surface area (TPSA) is 80.6 Å². The van der Waals surface area contributed by atoms with Crippen LogP contribution in [-0.2, 0) is 4.79 Å². The number of rotatable bonds is 6. The third-order valence-electron chi connectivity index (χ3n) is 3.69. The van der Waals surface area contributed by atoms with E-state index in [4.69, 9.17) is 14.2 Å². The van der Waals surface area contributed by atoms with Crippen LogP contribution in [0.15, 0.2) is 42.5 Å². The minimum absolute atomic E-state index is 0.214. The smallest absolute Gasteiger partial charge is 0.221 e. The fourth-order valence-electron chi connectivity index (χ4n) is 2.52. The number of ether oxygens (including phenoxy) is 3. The Morgan fingerprint density at radius 3 is 2.15 bits per heavy atom. The van der Waals surface area contributed by atoms with Crippen LogP contribution in [0.4, 0.5) is 5.69 Å². The molecule has 0 fully saturated rings. The maximum absolute atomic E-state index is 11.5. The molecule has 0 saturated carbocycles. The first-order valence-corrected chi connectivity index (χ1v) is 7.81. The Balaban J connectivity index is 2.60. The molecule has 0 aliphatic heterocycles. The second kappa shape index (κ2) is 8.58. The molecule has 0 bridgehead atoms. The second-order valence-corrected chi connectivity index (χ2v) is 5.38. The van der Waals surface area contributed by atoms with Crippen LogP contribution in [0.1, 0.15) is 18.1 Å². The molecule has 6 nitrogen and oxygen atoms in total. The summed E-state index contributed by atoms with van der Waals surface area (Å²) in [6, 6.07) is 12.8. The maximum Gasteiger partial charge on any atom is 0.221 e. The lowest BCUT2D eigenvalue weighted by Crippen LogP contribution is -2.07. The second-order valence-electron chi connectivity index (χ2n) is 5.38. The molecule has 1 N–H and O–H groups in total. The van der Waals surface area contributed by atoms with E-state index in [2.05, 4.69) is 11.4 Å². The molecule has 0 aliphatic carbocycles. The highest BCUT2D eigenvalue weighted by Gasteiger charge is 2.13. The predicted octanol–water partition coefficient (Wildman–Crippen LogP) is 3.63. The highest BCUT2D eigenvalue weighted by atomic mass is 16.5. The first kappa shape index (κ1) is 18.9. The lowest BCUT2D eigenvalue weighted by molar-refractivity contribution is -0.114. The van der Waals surface area contributed by atoms with Gasteiger partial charge in [-0.15, -0.1) is 0 Å². The minimum Gasteiger partial charge on any atom is -0.497 e. The Hall–Kier alpha value is -3.46. The summed E-state index contributed by atoms with van der Waals surface area (Å²) in [7, 11) is 4.66. The monoisotopic (exact) mass is 352 g/mol. The van der Waals surface area contributed by atoms with Crippen molar-refractivity contribution in [3.05, 3.63) is 53.6 Å². The summed E-state index contributed by atoms with van der Waals surface area (Å²) in [6.07, 6.45) is 1.44. The SMILES string of the molecule is COc1cc(OC)cc(/C(=C/C#N)c2ccc(OC)c(NC(C)=O)c2)c1. The number of nitrogens with zero attached hydrogens (tertiary/aromatic N) is 1. The van der Waals surface area contributed by atoms with Gasteiger partial charge in [0.15, 0.2) is 0 Å². The summed E-state index contributed by atoms with van der Waals surface area (Å²) in [4.78, 5) is 11.5. The van der Waals surface area contributed by atoms with Gasteiger partial charge in [0.05, 0.1) is 33.1 Å². The number of nitriles is 1. The molecule has 0 saturated heterocycles. The fourth-order valence-corrected chi connectivity index (χ4v) is 2.52. The summed E-state index contributed by atoms with van der Waals surface area (Å²) >= 11 is 0. The quantitative estimate of drug-likeness (QED) is 0.803. The third kappa shape index (κ3) is 4.33. The van der Waals surface area contributed by atoms with Crippen molar-refractivity contribution in [1.29, 1.82) is 5.26 Å². The number of anilines is 1. The molecule has 2 aromatic rings. The maximum atomic E-state index is 11.5. The summed E-state index contributed by atoms with van der Waals surface area (Å²) in [5.74, 6) is 1.54. The summed E-state index contributed by atoms with van der Waals surface area (Å²) in [5, 5.41) is 12.0.